The van der Waals surface area contributed by atoms with Gasteiger partial charge in [0.2, 0.25) is 17.4 Å². The number of hydrogen-bond acceptors (Lipinski definition) is 7. The summed E-state index contributed by atoms with van der Waals surface area (Å²) in [7, 11) is 0. The van der Waals surface area contributed by atoms with Crippen LogP contribution < -0.4 is 0 Å². The summed E-state index contributed by atoms with van der Waals surface area (Å²) in [5, 5.41) is 18.9. The number of fused-ring (bicyclic) bond motifs is 5. The van der Waals surface area contributed by atoms with Gasteiger partial charge in [-0.1, -0.05) is 61.0 Å². The first kappa shape index (κ1) is 28.8. The standard InChI is InChI=1S/C34H47N3O4/c1-20-22(38)18-24-31(8,11-10-23-29(5,6)25(39)34(19-35)26(41-34)32(23,24)9)30(20,7)14-17-33(27-37-36-21(2)40-27)15-12-28(3,4)13-16-33/h18,20,23,26H,10-17H2,1-9H3/t20?,23-,26+,30+,31+,32-,34-/m0/s1. The van der Waals surface area contributed by atoms with Crippen LogP contribution >= 0.6 is 0 Å². The summed E-state index contributed by atoms with van der Waals surface area (Å²) < 4.78 is 12.2. The largest absolute Gasteiger partial charge is 0.425 e. The van der Waals surface area contributed by atoms with Crippen molar-refractivity contribution in [1.82, 2.24) is 10.2 Å². The number of epoxide rings is 1. The summed E-state index contributed by atoms with van der Waals surface area (Å²) in [6.07, 6.45) is 9.08. The number of carbonyl (C=O) groups is 2. The second kappa shape index (κ2) is 8.40. The SMILES string of the molecule is Cc1nnc(C2(CC[C@]3(C)C(C)C(=O)C=C4[C@@]5(C)[C@H]6O[C@@]6(C#N)C(=O)C(C)(C)[C@@H]5CC[C@]43C)CCC(C)(C)CC2)o1. The van der Waals surface area contributed by atoms with Crippen molar-refractivity contribution in [2.24, 2.45) is 38.9 Å². The van der Waals surface area contributed by atoms with E-state index in [2.05, 4.69) is 57.8 Å². The molecule has 0 spiro atoms. The number of carbonyl (C=O) groups excluding carboxylic acids is 2. The Kier molecular flexibility index (Phi) is 5.89. The van der Waals surface area contributed by atoms with E-state index in [1.54, 1.807) is 0 Å². The van der Waals surface area contributed by atoms with E-state index in [0.29, 0.717) is 5.89 Å². The van der Waals surface area contributed by atoms with Gasteiger partial charge in [-0.15, -0.1) is 10.2 Å². The van der Waals surface area contributed by atoms with Gasteiger partial charge >= 0.3 is 0 Å². The molecule has 41 heavy (non-hydrogen) atoms. The molecule has 1 saturated heterocycles. The Morgan fingerprint density at radius 1 is 0.976 bits per heavy atom. The summed E-state index contributed by atoms with van der Waals surface area (Å²) in [4.78, 5) is 27.5. The topological polar surface area (TPSA) is 109 Å². The molecule has 4 aliphatic carbocycles. The van der Waals surface area contributed by atoms with Gasteiger partial charge in [0.1, 0.15) is 12.2 Å². The first-order valence-corrected chi connectivity index (χ1v) is 15.6. The molecule has 0 bridgehead atoms. The lowest BCUT2D eigenvalue weighted by molar-refractivity contribution is -0.146. The van der Waals surface area contributed by atoms with E-state index in [1.807, 2.05) is 26.8 Å². The molecule has 0 N–H and O–H groups in total. The van der Waals surface area contributed by atoms with Gasteiger partial charge < -0.3 is 9.15 Å². The van der Waals surface area contributed by atoms with Crippen molar-refractivity contribution in [3.8, 4) is 6.07 Å². The van der Waals surface area contributed by atoms with Crippen LogP contribution in [0.15, 0.2) is 16.1 Å². The Morgan fingerprint density at radius 3 is 2.22 bits per heavy atom. The number of ketones is 2. The van der Waals surface area contributed by atoms with E-state index in [-0.39, 0.29) is 45.1 Å². The molecular weight excluding hydrogens is 514 g/mol. The molecule has 0 radical (unpaired) electrons. The molecule has 3 saturated carbocycles. The van der Waals surface area contributed by atoms with Crippen LogP contribution in [0.25, 0.3) is 0 Å². The van der Waals surface area contributed by atoms with E-state index < -0.39 is 22.5 Å². The zero-order chi connectivity index (χ0) is 30.0. The first-order chi connectivity index (χ1) is 18.9. The minimum absolute atomic E-state index is 0.00884. The zero-order valence-corrected chi connectivity index (χ0v) is 26.4. The van der Waals surface area contributed by atoms with E-state index in [0.717, 1.165) is 62.8 Å². The molecule has 0 aromatic carbocycles. The number of hydrogen-bond donors (Lipinski definition) is 0. The number of nitriles is 1. The van der Waals surface area contributed by atoms with Crippen molar-refractivity contribution < 1.29 is 18.7 Å². The first-order valence-electron chi connectivity index (χ1n) is 15.6. The highest BCUT2D eigenvalue weighted by molar-refractivity contribution is 6.00. The van der Waals surface area contributed by atoms with Crippen molar-refractivity contribution in [2.45, 2.75) is 131 Å². The average molecular weight is 562 g/mol. The number of nitrogens with zero attached hydrogens (tertiary/aromatic N) is 3. The van der Waals surface area contributed by atoms with Crippen LogP contribution in [0.3, 0.4) is 0 Å². The number of Topliss-reactive ketones (excluding diaryl/α,β-unsaturated/α-hetero) is 1. The van der Waals surface area contributed by atoms with Gasteiger partial charge in [0.15, 0.2) is 11.6 Å². The van der Waals surface area contributed by atoms with Gasteiger partial charge in [-0.3, -0.25) is 9.59 Å². The zero-order valence-electron chi connectivity index (χ0n) is 26.4. The Morgan fingerprint density at radius 2 is 1.63 bits per heavy atom. The van der Waals surface area contributed by atoms with Crippen LogP contribution in [0.2, 0.25) is 0 Å². The molecule has 1 aromatic rings. The Balaban J connectivity index is 1.40. The fourth-order valence-corrected chi connectivity index (χ4v) is 10.2. The number of aryl methyl sites for hydroxylation is 1. The van der Waals surface area contributed by atoms with Crippen molar-refractivity contribution in [3.05, 3.63) is 23.4 Å². The van der Waals surface area contributed by atoms with Crippen LogP contribution in [-0.2, 0) is 19.7 Å². The summed E-state index contributed by atoms with van der Waals surface area (Å²) in [5.74, 6) is 1.25. The second-order valence-corrected chi connectivity index (χ2v) is 16.3. The van der Waals surface area contributed by atoms with Gasteiger partial charge in [-0.2, -0.15) is 5.26 Å². The smallest absolute Gasteiger partial charge is 0.240 e. The molecule has 6 rings (SSSR count). The van der Waals surface area contributed by atoms with Gasteiger partial charge in [0.25, 0.3) is 0 Å². The number of aromatic nitrogens is 2. The molecule has 2 heterocycles. The highest BCUT2D eigenvalue weighted by atomic mass is 16.6. The number of rotatable bonds is 4. The molecule has 5 aliphatic rings. The van der Waals surface area contributed by atoms with Gasteiger partial charge in [0, 0.05) is 29.1 Å². The third-order valence-corrected chi connectivity index (χ3v) is 13.5. The number of allylic oxidation sites excluding steroid dienone is 1. The minimum Gasteiger partial charge on any atom is -0.425 e. The molecule has 7 nitrogen and oxygen atoms in total. The maximum Gasteiger partial charge on any atom is 0.240 e. The second-order valence-electron chi connectivity index (χ2n) is 16.3. The molecular formula is C34H47N3O4. The van der Waals surface area contributed by atoms with E-state index >= 15 is 0 Å². The van der Waals surface area contributed by atoms with E-state index in [1.165, 1.54) is 0 Å². The Bertz CT molecular complexity index is 1390. The number of ether oxygens (including phenoxy) is 1. The van der Waals surface area contributed by atoms with Crippen molar-refractivity contribution in [2.75, 3.05) is 0 Å². The van der Waals surface area contributed by atoms with Crippen LogP contribution in [-0.4, -0.2) is 33.5 Å². The lowest BCUT2D eigenvalue weighted by Gasteiger charge is -2.65. The van der Waals surface area contributed by atoms with Gasteiger partial charge in [0.05, 0.1) is 0 Å². The lowest BCUT2D eigenvalue weighted by Crippen LogP contribution is -2.64. The minimum atomic E-state index is -1.40. The fraction of sp³-hybridized carbons (Fsp3) is 0.794. The monoisotopic (exact) mass is 561 g/mol. The van der Waals surface area contributed by atoms with Crippen molar-refractivity contribution in [3.63, 3.8) is 0 Å². The van der Waals surface area contributed by atoms with Gasteiger partial charge in [-0.25, -0.2) is 0 Å². The molecule has 7 atom stereocenters. The summed E-state index contributed by atoms with van der Waals surface area (Å²) in [5.41, 5.74) is -2.09. The summed E-state index contributed by atoms with van der Waals surface area (Å²) in [6, 6.07) is 2.26. The normalized spacial score (nSPS) is 43.7. The van der Waals surface area contributed by atoms with E-state index in [9.17, 15) is 14.9 Å². The lowest BCUT2D eigenvalue weighted by atomic mass is 9.37. The molecule has 1 aromatic heterocycles. The highest BCUT2D eigenvalue weighted by Crippen LogP contribution is 2.75. The molecule has 4 fully saturated rings. The maximum absolute atomic E-state index is 13.9. The predicted octanol–water partition coefficient (Wildman–Crippen LogP) is 6.84. The summed E-state index contributed by atoms with van der Waals surface area (Å²) >= 11 is 0. The quantitative estimate of drug-likeness (QED) is 0.370. The van der Waals surface area contributed by atoms with E-state index in [4.69, 9.17) is 9.15 Å². The van der Waals surface area contributed by atoms with Crippen molar-refractivity contribution >= 4 is 11.6 Å². The fourth-order valence-electron chi connectivity index (χ4n) is 10.2. The molecule has 1 unspecified atom stereocenters. The Hall–Kier alpha value is -2.33. The van der Waals surface area contributed by atoms with Crippen LogP contribution in [0.4, 0.5) is 0 Å². The molecule has 222 valence electrons. The third kappa shape index (κ3) is 3.52. The van der Waals surface area contributed by atoms with Crippen LogP contribution in [0.5, 0.6) is 0 Å². The predicted molar refractivity (Wildman–Crippen MR) is 153 cm³/mol. The average Bonchev–Trinajstić information content (AvgIpc) is 3.53. The molecule has 7 heteroatoms. The highest BCUT2D eigenvalue weighted by Gasteiger charge is 2.82. The molecule has 1 aliphatic heterocycles. The van der Waals surface area contributed by atoms with Crippen LogP contribution in [0, 0.1) is 57.2 Å². The maximum atomic E-state index is 13.9. The van der Waals surface area contributed by atoms with Crippen LogP contribution in [0.1, 0.15) is 119 Å². The third-order valence-electron chi connectivity index (χ3n) is 13.5. The molecule has 0 amide bonds. The van der Waals surface area contributed by atoms with Gasteiger partial charge in [-0.05, 0) is 79.6 Å². The Labute approximate surface area is 244 Å². The summed E-state index contributed by atoms with van der Waals surface area (Å²) in [6.45, 7) is 19.4. The van der Waals surface area contributed by atoms with Crippen molar-refractivity contribution in [1.29, 1.82) is 5.26 Å².